The van der Waals surface area contributed by atoms with Gasteiger partial charge < -0.3 is 5.32 Å². The van der Waals surface area contributed by atoms with Gasteiger partial charge in [-0.1, -0.05) is 18.2 Å². The van der Waals surface area contributed by atoms with Gasteiger partial charge in [-0.3, -0.25) is 4.57 Å². The van der Waals surface area contributed by atoms with Gasteiger partial charge in [0.15, 0.2) is 5.65 Å². The van der Waals surface area contributed by atoms with E-state index in [0.717, 1.165) is 5.69 Å². The van der Waals surface area contributed by atoms with Crippen LogP contribution in [0.2, 0.25) is 5.28 Å². The monoisotopic (exact) mass is 339 g/mol. The van der Waals surface area contributed by atoms with Crippen LogP contribution in [0.15, 0.2) is 60.8 Å². The summed E-state index contributed by atoms with van der Waals surface area (Å²) in [6.07, 6.45) is 1.57. The maximum absolute atomic E-state index is 13.1. The summed E-state index contributed by atoms with van der Waals surface area (Å²) in [4.78, 5) is 12.8. The highest BCUT2D eigenvalue weighted by atomic mass is 35.5. The van der Waals surface area contributed by atoms with E-state index in [4.69, 9.17) is 11.6 Å². The molecule has 118 valence electrons. The first kappa shape index (κ1) is 14.6. The van der Waals surface area contributed by atoms with E-state index in [1.54, 1.807) is 18.3 Å². The standard InChI is InChI=1S/C17H11ClFN5/c18-16-20-10-14-15(23-16)24(13-4-2-1-3-5-13)17(22-14)21-12-8-6-11(19)7-9-12/h1-10H,(H,21,22). The minimum atomic E-state index is -0.297. The fourth-order valence-corrected chi connectivity index (χ4v) is 2.55. The summed E-state index contributed by atoms with van der Waals surface area (Å²) >= 11 is 5.94. The summed E-state index contributed by atoms with van der Waals surface area (Å²) in [7, 11) is 0. The van der Waals surface area contributed by atoms with Crippen molar-refractivity contribution >= 4 is 34.4 Å². The summed E-state index contributed by atoms with van der Waals surface area (Å²) in [5.41, 5.74) is 2.78. The lowest BCUT2D eigenvalue weighted by molar-refractivity contribution is 0.628. The molecule has 0 atom stereocenters. The third-order valence-electron chi connectivity index (χ3n) is 3.49. The van der Waals surface area contributed by atoms with Crippen LogP contribution in [0.4, 0.5) is 16.0 Å². The Kier molecular flexibility index (Phi) is 3.59. The fraction of sp³-hybridized carbons (Fsp3) is 0. The van der Waals surface area contributed by atoms with Crippen molar-refractivity contribution in [3.05, 3.63) is 71.9 Å². The summed E-state index contributed by atoms with van der Waals surface area (Å²) in [5, 5.41) is 3.33. The molecule has 0 aliphatic carbocycles. The van der Waals surface area contributed by atoms with Crippen LogP contribution >= 0.6 is 11.6 Å². The topological polar surface area (TPSA) is 55.6 Å². The molecule has 0 saturated heterocycles. The van der Waals surface area contributed by atoms with E-state index in [2.05, 4.69) is 20.3 Å². The number of halogens is 2. The number of para-hydroxylation sites is 1. The van der Waals surface area contributed by atoms with Gasteiger partial charge in [0.1, 0.15) is 11.3 Å². The van der Waals surface area contributed by atoms with E-state index in [1.165, 1.54) is 12.1 Å². The van der Waals surface area contributed by atoms with Crippen molar-refractivity contribution in [3.8, 4) is 5.69 Å². The highest BCUT2D eigenvalue weighted by molar-refractivity contribution is 6.28. The fourth-order valence-electron chi connectivity index (χ4n) is 2.42. The molecule has 0 radical (unpaired) electrons. The molecular weight excluding hydrogens is 329 g/mol. The molecule has 7 heteroatoms. The average molecular weight is 340 g/mol. The maximum Gasteiger partial charge on any atom is 0.224 e. The van der Waals surface area contributed by atoms with Gasteiger partial charge in [-0.2, -0.15) is 4.98 Å². The van der Waals surface area contributed by atoms with E-state index in [1.807, 2.05) is 34.9 Å². The smallest absolute Gasteiger partial charge is 0.224 e. The third-order valence-corrected chi connectivity index (χ3v) is 3.67. The number of benzene rings is 2. The van der Waals surface area contributed by atoms with Crippen LogP contribution in [-0.2, 0) is 0 Å². The number of fused-ring (bicyclic) bond motifs is 1. The Morgan fingerprint density at radius 3 is 2.46 bits per heavy atom. The summed E-state index contributed by atoms with van der Waals surface area (Å²) in [6, 6.07) is 15.7. The summed E-state index contributed by atoms with van der Waals surface area (Å²) < 4.78 is 14.9. The first-order valence-corrected chi connectivity index (χ1v) is 7.57. The summed E-state index contributed by atoms with van der Waals surface area (Å²) in [5.74, 6) is 0.245. The van der Waals surface area contributed by atoms with Crippen LogP contribution < -0.4 is 5.32 Å². The molecule has 4 rings (SSSR count). The molecule has 24 heavy (non-hydrogen) atoms. The van der Waals surface area contributed by atoms with E-state index >= 15 is 0 Å². The number of imidazole rings is 1. The van der Waals surface area contributed by atoms with E-state index < -0.39 is 0 Å². The van der Waals surface area contributed by atoms with Crippen molar-refractivity contribution in [2.75, 3.05) is 5.32 Å². The SMILES string of the molecule is Fc1ccc(Nc2nc3cnc(Cl)nc3n2-c2ccccc2)cc1. The highest BCUT2D eigenvalue weighted by Gasteiger charge is 2.15. The van der Waals surface area contributed by atoms with Gasteiger partial charge in [-0.25, -0.2) is 14.4 Å². The number of hydrogen-bond acceptors (Lipinski definition) is 4. The molecule has 0 aliphatic rings. The van der Waals surface area contributed by atoms with Crippen molar-refractivity contribution in [1.82, 2.24) is 19.5 Å². The van der Waals surface area contributed by atoms with Crippen molar-refractivity contribution in [1.29, 1.82) is 0 Å². The van der Waals surface area contributed by atoms with Crippen molar-refractivity contribution in [2.24, 2.45) is 0 Å². The Morgan fingerprint density at radius 1 is 0.958 bits per heavy atom. The second kappa shape index (κ2) is 5.90. The molecule has 5 nitrogen and oxygen atoms in total. The van der Waals surface area contributed by atoms with E-state index in [9.17, 15) is 4.39 Å². The molecule has 2 aromatic carbocycles. The van der Waals surface area contributed by atoms with Crippen LogP contribution in [0, 0.1) is 5.82 Å². The molecule has 2 heterocycles. The van der Waals surface area contributed by atoms with Crippen LogP contribution in [0.25, 0.3) is 16.9 Å². The zero-order valence-corrected chi connectivity index (χ0v) is 13.1. The zero-order valence-electron chi connectivity index (χ0n) is 12.3. The van der Waals surface area contributed by atoms with Gasteiger partial charge in [-0.15, -0.1) is 0 Å². The Labute approximate surface area is 141 Å². The van der Waals surface area contributed by atoms with Crippen LogP contribution in [0.5, 0.6) is 0 Å². The highest BCUT2D eigenvalue weighted by Crippen LogP contribution is 2.26. The first-order chi connectivity index (χ1) is 11.7. The second-order valence-electron chi connectivity index (χ2n) is 5.09. The van der Waals surface area contributed by atoms with Gasteiger partial charge in [0, 0.05) is 5.69 Å². The number of nitrogens with zero attached hydrogens (tertiary/aromatic N) is 4. The Hall–Kier alpha value is -2.99. The van der Waals surface area contributed by atoms with Crippen molar-refractivity contribution < 1.29 is 4.39 Å². The van der Waals surface area contributed by atoms with Crippen LogP contribution in [0.3, 0.4) is 0 Å². The first-order valence-electron chi connectivity index (χ1n) is 7.20. The third kappa shape index (κ3) is 2.68. The van der Waals surface area contributed by atoms with Gasteiger partial charge in [-0.05, 0) is 48.0 Å². The number of anilines is 2. The normalized spacial score (nSPS) is 10.9. The van der Waals surface area contributed by atoms with Crippen LogP contribution in [0.1, 0.15) is 0 Å². The maximum atomic E-state index is 13.1. The molecule has 2 aromatic heterocycles. The Balaban J connectivity index is 1.89. The lowest BCUT2D eigenvalue weighted by Gasteiger charge is -2.10. The Bertz CT molecular complexity index is 999. The second-order valence-corrected chi connectivity index (χ2v) is 5.42. The zero-order chi connectivity index (χ0) is 16.5. The quantitative estimate of drug-likeness (QED) is 0.564. The van der Waals surface area contributed by atoms with E-state index in [0.29, 0.717) is 22.8 Å². The lowest BCUT2D eigenvalue weighted by atomic mass is 10.3. The van der Waals surface area contributed by atoms with Crippen molar-refractivity contribution in [3.63, 3.8) is 0 Å². The number of rotatable bonds is 3. The van der Waals surface area contributed by atoms with Gasteiger partial charge in [0.05, 0.1) is 11.9 Å². The molecule has 0 bridgehead atoms. The molecule has 4 aromatic rings. The lowest BCUT2D eigenvalue weighted by Crippen LogP contribution is -2.02. The van der Waals surface area contributed by atoms with Crippen molar-refractivity contribution in [2.45, 2.75) is 0 Å². The van der Waals surface area contributed by atoms with Crippen LogP contribution in [-0.4, -0.2) is 19.5 Å². The van der Waals surface area contributed by atoms with Gasteiger partial charge in [0.25, 0.3) is 0 Å². The molecule has 0 amide bonds. The van der Waals surface area contributed by atoms with Gasteiger partial charge >= 0.3 is 0 Å². The number of nitrogens with one attached hydrogen (secondary N) is 1. The minimum absolute atomic E-state index is 0.146. The molecule has 0 spiro atoms. The molecule has 1 N–H and O–H groups in total. The number of aromatic nitrogens is 4. The molecule has 0 aliphatic heterocycles. The predicted molar refractivity (Wildman–Crippen MR) is 91.4 cm³/mol. The predicted octanol–water partition coefficient (Wildman–Crippen LogP) is 4.35. The van der Waals surface area contributed by atoms with E-state index in [-0.39, 0.29) is 11.1 Å². The largest absolute Gasteiger partial charge is 0.325 e. The molecular formula is C17H11ClFN5. The van der Waals surface area contributed by atoms with Gasteiger partial charge in [0.2, 0.25) is 11.2 Å². The molecule has 0 saturated carbocycles. The molecule has 0 fully saturated rings. The number of hydrogen-bond donors (Lipinski definition) is 1. The Morgan fingerprint density at radius 2 is 1.71 bits per heavy atom. The molecule has 0 unspecified atom stereocenters. The average Bonchev–Trinajstić information content (AvgIpc) is 2.95. The summed E-state index contributed by atoms with van der Waals surface area (Å²) in [6.45, 7) is 0. The minimum Gasteiger partial charge on any atom is -0.325 e.